The highest BCUT2D eigenvalue weighted by molar-refractivity contribution is 5.12. The number of rotatable bonds is 7. The van der Waals surface area contributed by atoms with Gasteiger partial charge >= 0.3 is 0 Å². The average Bonchev–Trinajstić information content (AvgIpc) is 2.90. The molecule has 1 saturated heterocycles. The van der Waals surface area contributed by atoms with Crippen LogP contribution in [-0.4, -0.2) is 48.3 Å². The number of aromatic nitrogens is 2. The molecule has 1 fully saturated rings. The molecule has 0 aliphatic carbocycles. The molecule has 1 aliphatic rings. The predicted octanol–water partition coefficient (Wildman–Crippen LogP) is 1.40. The number of nitrogens with one attached hydrogen (secondary N) is 1. The third-order valence-corrected chi connectivity index (χ3v) is 3.76. The molecule has 2 heterocycles. The van der Waals surface area contributed by atoms with Crippen LogP contribution >= 0.6 is 0 Å². The minimum Gasteiger partial charge on any atom is -0.376 e. The van der Waals surface area contributed by atoms with Crippen molar-refractivity contribution in [2.75, 3.05) is 26.4 Å². The second-order valence-electron chi connectivity index (χ2n) is 5.15. The van der Waals surface area contributed by atoms with E-state index in [0.29, 0.717) is 19.8 Å². The van der Waals surface area contributed by atoms with Gasteiger partial charge in [0.15, 0.2) is 0 Å². The molecule has 1 aromatic heterocycles. The molecule has 0 radical (unpaired) electrons. The molecule has 1 aromatic rings. The maximum absolute atomic E-state index is 5.85. The van der Waals surface area contributed by atoms with Gasteiger partial charge in [-0.15, -0.1) is 0 Å². The average molecular weight is 281 g/mol. The molecule has 5 heteroatoms. The van der Waals surface area contributed by atoms with Crippen LogP contribution in [-0.2, 0) is 28.9 Å². The fourth-order valence-corrected chi connectivity index (χ4v) is 2.69. The lowest BCUT2D eigenvalue weighted by atomic mass is 10.0. The number of likely N-dealkylation sites (N-methyl/N-ethyl adjacent to an activating group) is 1. The Hall–Kier alpha value is -0.910. The number of aryl methyl sites for hydroxylation is 2. The van der Waals surface area contributed by atoms with Crippen molar-refractivity contribution in [3.63, 3.8) is 0 Å². The summed E-state index contributed by atoms with van der Waals surface area (Å²) in [7, 11) is 0. The number of hydrogen-bond donors (Lipinski definition) is 1. The first-order chi connectivity index (χ1) is 9.78. The molecule has 0 saturated carbocycles. The lowest BCUT2D eigenvalue weighted by Crippen LogP contribution is -2.48. The largest absolute Gasteiger partial charge is 0.376 e. The molecule has 2 unspecified atom stereocenters. The van der Waals surface area contributed by atoms with Gasteiger partial charge in [-0.2, -0.15) is 5.10 Å². The summed E-state index contributed by atoms with van der Waals surface area (Å²) in [6.45, 7) is 10.3. The molecule has 114 valence electrons. The van der Waals surface area contributed by atoms with Crippen LogP contribution in [0.2, 0.25) is 0 Å². The molecule has 1 aliphatic heterocycles. The van der Waals surface area contributed by atoms with Crippen molar-refractivity contribution in [2.45, 2.75) is 52.3 Å². The summed E-state index contributed by atoms with van der Waals surface area (Å²) in [5, 5.41) is 8.16. The predicted molar refractivity (Wildman–Crippen MR) is 79.0 cm³/mol. The first-order valence-corrected chi connectivity index (χ1v) is 7.76. The van der Waals surface area contributed by atoms with E-state index < -0.39 is 0 Å². The van der Waals surface area contributed by atoms with Crippen molar-refractivity contribution in [3.05, 3.63) is 17.5 Å². The van der Waals surface area contributed by atoms with Crippen LogP contribution in [0, 0.1) is 0 Å². The first-order valence-electron chi connectivity index (χ1n) is 7.76. The van der Waals surface area contributed by atoms with Gasteiger partial charge in [-0.1, -0.05) is 13.8 Å². The second kappa shape index (κ2) is 7.76. The molecule has 0 spiro atoms. The molecular formula is C15H27N3O2. The van der Waals surface area contributed by atoms with E-state index in [2.05, 4.69) is 41.9 Å². The molecule has 0 amide bonds. The minimum absolute atomic E-state index is 0.133. The van der Waals surface area contributed by atoms with Gasteiger partial charge in [0, 0.05) is 24.7 Å². The monoisotopic (exact) mass is 281 g/mol. The zero-order chi connectivity index (χ0) is 14.4. The summed E-state index contributed by atoms with van der Waals surface area (Å²) < 4.78 is 13.5. The molecule has 5 nitrogen and oxygen atoms in total. The molecule has 0 bridgehead atoms. The third kappa shape index (κ3) is 3.81. The summed E-state index contributed by atoms with van der Waals surface area (Å²) in [5.74, 6) is 0. The molecule has 2 atom stereocenters. The molecule has 20 heavy (non-hydrogen) atoms. The topological polar surface area (TPSA) is 48.3 Å². The fraction of sp³-hybridized carbons (Fsp3) is 0.800. The van der Waals surface area contributed by atoms with Crippen LogP contribution in [0.3, 0.4) is 0 Å². The Morgan fingerprint density at radius 3 is 2.85 bits per heavy atom. The SMILES string of the molecule is CCNC(Cc1cc(CC)nn1CC)C1COCCO1. The van der Waals surface area contributed by atoms with E-state index in [-0.39, 0.29) is 12.1 Å². The molecule has 0 aromatic carbocycles. The Kier molecular flexibility index (Phi) is 6.01. The van der Waals surface area contributed by atoms with Crippen molar-refractivity contribution >= 4 is 0 Å². The van der Waals surface area contributed by atoms with E-state index >= 15 is 0 Å². The number of hydrogen-bond acceptors (Lipinski definition) is 4. The maximum Gasteiger partial charge on any atom is 0.0965 e. The minimum atomic E-state index is 0.133. The van der Waals surface area contributed by atoms with Gasteiger partial charge < -0.3 is 14.8 Å². The molecule has 2 rings (SSSR count). The Morgan fingerprint density at radius 1 is 1.40 bits per heavy atom. The van der Waals surface area contributed by atoms with Crippen LogP contribution in [0.1, 0.15) is 32.2 Å². The summed E-state index contributed by atoms with van der Waals surface area (Å²) >= 11 is 0. The van der Waals surface area contributed by atoms with E-state index in [4.69, 9.17) is 9.47 Å². The Labute approximate surface area is 121 Å². The standard InChI is InChI=1S/C15H27N3O2/c1-4-12-9-13(18(6-3)17-12)10-14(16-5-2)15-11-19-7-8-20-15/h9,14-16H,4-8,10-11H2,1-3H3. The number of ether oxygens (including phenoxy) is 2. The second-order valence-corrected chi connectivity index (χ2v) is 5.15. The first kappa shape index (κ1) is 15.5. The summed E-state index contributed by atoms with van der Waals surface area (Å²) in [6, 6.07) is 2.50. The van der Waals surface area contributed by atoms with E-state index in [1.807, 2.05) is 0 Å². The Bertz CT molecular complexity index is 400. The Balaban J connectivity index is 2.08. The quantitative estimate of drug-likeness (QED) is 0.821. The van der Waals surface area contributed by atoms with Crippen molar-refractivity contribution in [3.8, 4) is 0 Å². The molecular weight excluding hydrogens is 254 g/mol. The summed E-state index contributed by atoms with van der Waals surface area (Å²) in [5.41, 5.74) is 2.45. The smallest absolute Gasteiger partial charge is 0.0965 e. The zero-order valence-electron chi connectivity index (χ0n) is 12.9. The van der Waals surface area contributed by atoms with Crippen LogP contribution in [0.4, 0.5) is 0 Å². The van der Waals surface area contributed by atoms with Gasteiger partial charge in [-0.3, -0.25) is 4.68 Å². The lowest BCUT2D eigenvalue weighted by molar-refractivity contribution is -0.101. The van der Waals surface area contributed by atoms with Crippen LogP contribution in [0.5, 0.6) is 0 Å². The van der Waals surface area contributed by atoms with E-state index in [9.17, 15) is 0 Å². The summed E-state index contributed by atoms with van der Waals surface area (Å²) in [6.07, 6.45) is 2.05. The van der Waals surface area contributed by atoms with Gasteiger partial charge in [0.05, 0.1) is 31.6 Å². The van der Waals surface area contributed by atoms with Gasteiger partial charge in [-0.25, -0.2) is 0 Å². The van der Waals surface area contributed by atoms with E-state index in [1.54, 1.807) is 0 Å². The van der Waals surface area contributed by atoms with Gasteiger partial charge in [0.25, 0.3) is 0 Å². The van der Waals surface area contributed by atoms with Crippen LogP contribution in [0.15, 0.2) is 6.07 Å². The Morgan fingerprint density at radius 2 is 2.25 bits per heavy atom. The van der Waals surface area contributed by atoms with Crippen molar-refractivity contribution in [1.82, 2.24) is 15.1 Å². The van der Waals surface area contributed by atoms with E-state index in [1.165, 1.54) is 5.69 Å². The summed E-state index contributed by atoms with van der Waals surface area (Å²) in [4.78, 5) is 0. The third-order valence-electron chi connectivity index (χ3n) is 3.76. The number of nitrogens with zero attached hydrogens (tertiary/aromatic N) is 2. The zero-order valence-corrected chi connectivity index (χ0v) is 12.9. The van der Waals surface area contributed by atoms with Gasteiger partial charge in [0.1, 0.15) is 0 Å². The van der Waals surface area contributed by atoms with Crippen molar-refractivity contribution in [2.24, 2.45) is 0 Å². The van der Waals surface area contributed by atoms with Crippen LogP contribution in [0.25, 0.3) is 0 Å². The maximum atomic E-state index is 5.85. The van der Waals surface area contributed by atoms with Gasteiger partial charge in [0.2, 0.25) is 0 Å². The van der Waals surface area contributed by atoms with Crippen molar-refractivity contribution in [1.29, 1.82) is 0 Å². The van der Waals surface area contributed by atoms with Crippen molar-refractivity contribution < 1.29 is 9.47 Å². The highest BCUT2D eigenvalue weighted by Gasteiger charge is 2.26. The van der Waals surface area contributed by atoms with Gasteiger partial charge in [-0.05, 0) is 26.0 Å². The highest BCUT2D eigenvalue weighted by atomic mass is 16.6. The van der Waals surface area contributed by atoms with Crippen LogP contribution < -0.4 is 5.32 Å². The fourth-order valence-electron chi connectivity index (χ4n) is 2.69. The normalized spacial score (nSPS) is 21.1. The molecule has 1 N–H and O–H groups in total. The lowest BCUT2D eigenvalue weighted by Gasteiger charge is -2.31. The van der Waals surface area contributed by atoms with E-state index in [0.717, 1.165) is 31.6 Å². The highest BCUT2D eigenvalue weighted by Crippen LogP contribution is 2.14.